The van der Waals surface area contributed by atoms with Crippen LogP contribution >= 0.6 is 0 Å². The lowest BCUT2D eigenvalue weighted by Crippen LogP contribution is -2.13. The summed E-state index contributed by atoms with van der Waals surface area (Å²) in [4.78, 5) is 20.3. The molecule has 0 saturated carbocycles. The largest absolute Gasteiger partial charge is 0.370 e. The summed E-state index contributed by atoms with van der Waals surface area (Å²) in [6.45, 7) is 2.26. The molecule has 0 aromatic heterocycles. The third-order valence-electron chi connectivity index (χ3n) is 1.87. The molecule has 1 aliphatic rings. The summed E-state index contributed by atoms with van der Waals surface area (Å²) in [5.41, 5.74) is 4.76. The molecule has 3 N–H and O–H groups in total. The Kier molecular flexibility index (Phi) is 10.3. The maximum absolute atomic E-state index is 11.5. The maximum Gasteiger partial charge on any atom is 0.266 e. The molecular weight excluding hydrogens is 230 g/mol. The van der Waals surface area contributed by atoms with E-state index in [9.17, 15) is 18.4 Å². The van der Waals surface area contributed by atoms with E-state index in [1.165, 1.54) is 0 Å². The van der Waals surface area contributed by atoms with E-state index in [-0.39, 0.29) is 31.6 Å². The number of amides is 2. The van der Waals surface area contributed by atoms with Gasteiger partial charge in [0.2, 0.25) is 11.8 Å². The van der Waals surface area contributed by atoms with E-state index >= 15 is 0 Å². The first-order valence-corrected chi connectivity index (χ1v) is 5.03. The number of hydrogen-bond donors (Lipinski definition) is 2. The van der Waals surface area contributed by atoms with Crippen LogP contribution in [0.4, 0.5) is 8.78 Å². The van der Waals surface area contributed by atoms with E-state index < -0.39 is 6.08 Å². The van der Waals surface area contributed by atoms with Gasteiger partial charge in [0.05, 0.1) is 0 Å². The predicted molar refractivity (Wildman–Crippen MR) is 62.2 cm³/mol. The number of rotatable bonds is 3. The molecule has 1 rings (SSSR count). The lowest BCUT2D eigenvalue weighted by atomic mass is 10.1. The van der Waals surface area contributed by atoms with Crippen molar-refractivity contribution in [2.24, 2.45) is 11.7 Å². The molecule has 100 valence electrons. The van der Waals surface area contributed by atoms with Crippen LogP contribution < -0.4 is 11.1 Å². The normalized spacial score (nSPS) is 17.1. The number of halogens is 2. The summed E-state index contributed by atoms with van der Waals surface area (Å²) in [6, 6.07) is 0. The molecule has 4 nitrogen and oxygen atoms in total. The average molecular weight is 250 g/mol. The van der Waals surface area contributed by atoms with Crippen LogP contribution in [0.5, 0.6) is 0 Å². The van der Waals surface area contributed by atoms with Crippen LogP contribution in [0.3, 0.4) is 0 Å². The summed E-state index contributed by atoms with van der Waals surface area (Å²) in [7, 11) is 0. The van der Waals surface area contributed by atoms with E-state index in [0.717, 1.165) is 12.5 Å². The molecule has 1 aliphatic heterocycles. The Bertz CT molecular complexity index is 277. The molecule has 1 saturated heterocycles. The van der Waals surface area contributed by atoms with Gasteiger partial charge in [0.25, 0.3) is 6.08 Å². The minimum absolute atomic E-state index is 0. The number of primary amides is 1. The number of nitrogens with one attached hydrogen (secondary N) is 1. The van der Waals surface area contributed by atoms with E-state index in [0.29, 0.717) is 13.0 Å². The van der Waals surface area contributed by atoms with Gasteiger partial charge in [0.1, 0.15) is 0 Å². The second-order valence-corrected chi connectivity index (χ2v) is 3.44. The predicted octanol–water partition coefficient (Wildman–Crippen LogP) is 1.81. The molecule has 0 aromatic carbocycles. The van der Waals surface area contributed by atoms with Crippen molar-refractivity contribution in [2.45, 2.75) is 33.6 Å². The van der Waals surface area contributed by atoms with Crippen molar-refractivity contribution in [1.29, 1.82) is 0 Å². The fraction of sp³-hybridized carbons (Fsp3) is 0.636. The van der Waals surface area contributed by atoms with Crippen molar-refractivity contribution < 1.29 is 18.4 Å². The summed E-state index contributed by atoms with van der Waals surface area (Å²) in [6.07, 6.45) is 0.673. The van der Waals surface area contributed by atoms with Gasteiger partial charge in [0.15, 0.2) is 0 Å². The number of nitrogens with two attached hydrogens (primary N) is 1. The number of carbonyl (C=O) groups is 2. The Hall–Kier alpha value is -1.46. The molecule has 0 aliphatic carbocycles. The molecule has 0 bridgehead atoms. The monoisotopic (exact) mass is 250 g/mol. The van der Waals surface area contributed by atoms with Crippen LogP contribution in [-0.2, 0) is 9.59 Å². The Morgan fingerprint density at radius 1 is 1.59 bits per heavy atom. The highest BCUT2D eigenvalue weighted by Gasteiger charge is 2.19. The molecule has 6 heteroatoms. The van der Waals surface area contributed by atoms with Crippen LogP contribution in [0.1, 0.15) is 33.6 Å². The summed E-state index contributed by atoms with van der Waals surface area (Å²) < 4.78 is 23.1. The highest BCUT2D eigenvalue weighted by atomic mass is 19.3. The third kappa shape index (κ3) is 10.8. The van der Waals surface area contributed by atoms with E-state index in [1.807, 2.05) is 6.92 Å². The fourth-order valence-corrected chi connectivity index (χ4v) is 1.17. The summed E-state index contributed by atoms with van der Waals surface area (Å²) in [5.74, 6) is -0.669. The second kappa shape index (κ2) is 9.74. The van der Waals surface area contributed by atoms with Crippen LogP contribution in [0.25, 0.3) is 0 Å². The lowest BCUT2D eigenvalue weighted by Gasteiger charge is -1.94. The van der Waals surface area contributed by atoms with Gasteiger partial charge < -0.3 is 11.1 Å². The van der Waals surface area contributed by atoms with Crippen LogP contribution in [-0.4, -0.2) is 18.4 Å². The van der Waals surface area contributed by atoms with E-state index in [4.69, 9.17) is 5.73 Å². The first kappa shape index (κ1) is 17.9. The highest BCUT2D eigenvalue weighted by molar-refractivity contribution is 5.78. The molecule has 1 atom stereocenters. The van der Waals surface area contributed by atoms with Crippen LogP contribution in [0, 0.1) is 5.92 Å². The van der Waals surface area contributed by atoms with E-state index in [1.54, 1.807) is 0 Å². The molecular formula is C11H20F2N2O2. The number of carbonyl (C=O) groups excluding carboxylic acids is 2. The molecule has 0 radical (unpaired) electrons. The van der Waals surface area contributed by atoms with Gasteiger partial charge in [0, 0.05) is 25.3 Å². The summed E-state index contributed by atoms with van der Waals surface area (Å²) in [5, 5.41) is 2.46. The van der Waals surface area contributed by atoms with Gasteiger partial charge in [-0.15, -0.1) is 0 Å². The molecule has 1 fully saturated rings. The topological polar surface area (TPSA) is 72.2 Å². The average Bonchev–Trinajstić information content (AvgIpc) is 2.50. The fourth-order valence-electron chi connectivity index (χ4n) is 1.17. The van der Waals surface area contributed by atoms with Gasteiger partial charge in [-0.25, -0.2) is 0 Å². The van der Waals surface area contributed by atoms with Gasteiger partial charge in [-0.1, -0.05) is 14.4 Å². The molecule has 1 heterocycles. The van der Waals surface area contributed by atoms with Gasteiger partial charge in [-0.2, -0.15) is 8.78 Å². The molecule has 0 spiro atoms. The van der Waals surface area contributed by atoms with E-state index in [2.05, 4.69) is 5.32 Å². The third-order valence-corrected chi connectivity index (χ3v) is 1.87. The molecule has 17 heavy (non-hydrogen) atoms. The van der Waals surface area contributed by atoms with Crippen molar-refractivity contribution in [3.63, 3.8) is 0 Å². The minimum atomic E-state index is -1.71. The standard InChI is InChI=1S/C6H7F2NO.C4H9NO.CH4/c7-5(8)1-4-2-6(10)9-3-4;1-2-3-4(5)6;/h1,4H,2-3H2,(H,9,10);2-3H2,1H3,(H2,5,6);1H4/t4-;;/m1../s1. The minimum Gasteiger partial charge on any atom is -0.370 e. The Morgan fingerprint density at radius 3 is 2.41 bits per heavy atom. The smallest absolute Gasteiger partial charge is 0.266 e. The molecule has 0 unspecified atom stereocenters. The van der Waals surface area contributed by atoms with Crippen molar-refractivity contribution in [1.82, 2.24) is 5.32 Å². The van der Waals surface area contributed by atoms with Crippen molar-refractivity contribution in [3.8, 4) is 0 Å². The van der Waals surface area contributed by atoms with Gasteiger partial charge in [-0.3, -0.25) is 9.59 Å². The zero-order chi connectivity index (χ0) is 12.6. The molecule has 2 amide bonds. The zero-order valence-electron chi connectivity index (χ0n) is 9.13. The summed E-state index contributed by atoms with van der Waals surface area (Å²) >= 11 is 0. The maximum atomic E-state index is 11.5. The Labute approximate surface area is 100 Å². The van der Waals surface area contributed by atoms with Crippen molar-refractivity contribution in [2.75, 3.05) is 6.54 Å². The highest BCUT2D eigenvalue weighted by Crippen LogP contribution is 2.13. The van der Waals surface area contributed by atoms with Crippen LogP contribution in [0.15, 0.2) is 12.2 Å². The number of hydrogen-bond acceptors (Lipinski definition) is 2. The van der Waals surface area contributed by atoms with Gasteiger partial charge in [-0.05, 0) is 12.5 Å². The first-order chi connectivity index (χ1) is 7.45. The SMILES string of the molecule is C.CCCC(N)=O.O=C1C[C@@H](C=C(F)F)CN1. The van der Waals surface area contributed by atoms with Gasteiger partial charge >= 0.3 is 0 Å². The van der Waals surface area contributed by atoms with Crippen molar-refractivity contribution in [3.05, 3.63) is 12.2 Å². The lowest BCUT2D eigenvalue weighted by molar-refractivity contribution is -0.119. The second-order valence-electron chi connectivity index (χ2n) is 3.44. The zero-order valence-corrected chi connectivity index (χ0v) is 9.13. The first-order valence-electron chi connectivity index (χ1n) is 5.03. The quantitative estimate of drug-likeness (QED) is 0.801. The Balaban J connectivity index is 0. The Morgan fingerprint density at radius 2 is 2.18 bits per heavy atom. The van der Waals surface area contributed by atoms with Crippen LogP contribution in [0.2, 0.25) is 0 Å². The molecule has 0 aromatic rings. The van der Waals surface area contributed by atoms with Crippen molar-refractivity contribution >= 4 is 11.8 Å².